The van der Waals surface area contributed by atoms with Gasteiger partial charge in [0.2, 0.25) is 5.91 Å². The minimum Gasteiger partial charge on any atom is -0.387 e. The molecule has 0 bridgehead atoms. The number of amides is 1. The summed E-state index contributed by atoms with van der Waals surface area (Å²) < 4.78 is 0. The van der Waals surface area contributed by atoms with E-state index in [2.05, 4.69) is 4.90 Å². The second-order valence-corrected chi connectivity index (χ2v) is 6.21. The van der Waals surface area contributed by atoms with Crippen molar-refractivity contribution in [1.29, 1.82) is 0 Å². The Kier molecular flexibility index (Phi) is 5.16. The predicted octanol–water partition coefficient (Wildman–Crippen LogP) is 0.662. The van der Waals surface area contributed by atoms with Gasteiger partial charge in [0.15, 0.2) is 0 Å². The molecule has 2 fully saturated rings. The maximum atomic E-state index is 11.5. The maximum absolute atomic E-state index is 11.5. The van der Waals surface area contributed by atoms with Crippen LogP contribution in [0, 0.1) is 5.41 Å². The SMILES string of the molecule is CCC(=O)CN1CCC2(CC1)CCN(C(=O)CO)CC2. The van der Waals surface area contributed by atoms with Crippen LogP contribution in [0.15, 0.2) is 0 Å². The van der Waals surface area contributed by atoms with Crippen molar-refractivity contribution in [3.8, 4) is 0 Å². The van der Waals surface area contributed by atoms with Gasteiger partial charge in [0.25, 0.3) is 0 Å². The number of carbonyl (C=O) groups is 2. The van der Waals surface area contributed by atoms with Gasteiger partial charge in [-0.3, -0.25) is 14.5 Å². The van der Waals surface area contributed by atoms with E-state index in [0.717, 1.165) is 51.9 Å². The molecule has 0 radical (unpaired) electrons. The summed E-state index contributed by atoms with van der Waals surface area (Å²) in [6.07, 6.45) is 4.96. The summed E-state index contributed by atoms with van der Waals surface area (Å²) in [5, 5.41) is 8.90. The van der Waals surface area contributed by atoms with Gasteiger partial charge in [-0.25, -0.2) is 0 Å². The monoisotopic (exact) mass is 282 g/mol. The molecule has 0 aromatic heterocycles. The van der Waals surface area contributed by atoms with Gasteiger partial charge in [0.1, 0.15) is 12.4 Å². The Morgan fingerprint density at radius 2 is 1.60 bits per heavy atom. The van der Waals surface area contributed by atoms with Crippen LogP contribution < -0.4 is 0 Å². The molecule has 2 aliphatic rings. The summed E-state index contributed by atoms with van der Waals surface area (Å²) in [5.41, 5.74) is 0.359. The van der Waals surface area contributed by atoms with E-state index in [0.29, 0.717) is 24.2 Å². The molecule has 2 saturated heterocycles. The quantitative estimate of drug-likeness (QED) is 0.823. The topological polar surface area (TPSA) is 60.9 Å². The average Bonchev–Trinajstić information content (AvgIpc) is 2.49. The third-order valence-electron chi connectivity index (χ3n) is 5.02. The minimum atomic E-state index is -0.375. The number of carbonyl (C=O) groups excluding carboxylic acids is 2. The van der Waals surface area contributed by atoms with Gasteiger partial charge < -0.3 is 10.0 Å². The van der Waals surface area contributed by atoms with Gasteiger partial charge in [-0.15, -0.1) is 0 Å². The lowest BCUT2D eigenvalue weighted by molar-refractivity contribution is -0.137. The zero-order valence-electron chi connectivity index (χ0n) is 12.4. The molecule has 0 aromatic carbocycles. The molecule has 20 heavy (non-hydrogen) atoms. The first-order chi connectivity index (χ1) is 9.58. The van der Waals surface area contributed by atoms with E-state index in [1.807, 2.05) is 6.92 Å². The lowest BCUT2D eigenvalue weighted by Gasteiger charge is -2.46. The number of Topliss-reactive ketones (excluding diaryl/α,β-unsaturated/α-hetero) is 1. The van der Waals surface area contributed by atoms with Crippen molar-refractivity contribution < 1.29 is 14.7 Å². The first-order valence-electron chi connectivity index (χ1n) is 7.71. The highest BCUT2D eigenvalue weighted by molar-refractivity contribution is 5.80. The highest BCUT2D eigenvalue weighted by Crippen LogP contribution is 2.41. The van der Waals surface area contributed by atoms with E-state index in [-0.39, 0.29) is 12.5 Å². The Morgan fingerprint density at radius 1 is 1.05 bits per heavy atom. The Balaban J connectivity index is 1.79. The van der Waals surface area contributed by atoms with Gasteiger partial charge >= 0.3 is 0 Å². The van der Waals surface area contributed by atoms with Crippen LogP contribution in [0.25, 0.3) is 0 Å². The molecule has 2 aliphatic heterocycles. The second-order valence-electron chi connectivity index (χ2n) is 6.21. The molecule has 0 unspecified atom stereocenters. The molecular weight excluding hydrogens is 256 g/mol. The van der Waals surface area contributed by atoms with Crippen LogP contribution in [0.1, 0.15) is 39.0 Å². The van der Waals surface area contributed by atoms with Crippen molar-refractivity contribution in [3.63, 3.8) is 0 Å². The number of aliphatic hydroxyl groups excluding tert-OH is 1. The van der Waals surface area contributed by atoms with Crippen LogP contribution in [0.4, 0.5) is 0 Å². The Bertz CT molecular complexity index is 352. The minimum absolute atomic E-state index is 0.147. The lowest BCUT2D eigenvalue weighted by Crippen LogP contribution is -2.49. The van der Waals surface area contributed by atoms with Crippen LogP contribution >= 0.6 is 0 Å². The molecule has 0 saturated carbocycles. The number of rotatable bonds is 4. The van der Waals surface area contributed by atoms with Gasteiger partial charge in [0, 0.05) is 19.5 Å². The van der Waals surface area contributed by atoms with Crippen molar-refractivity contribution in [2.24, 2.45) is 5.41 Å². The number of hydrogen-bond acceptors (Lipinski definition) is 4. The predicted molar refractivity (Wildman–Crippen MR) is 76.3 cm³/mol. The normalized spacial score (nSPS) is 23.0. The van der Waals surface area contributed by atoms with Crippen LogP contribution in [0.5, 0.6) is 0 Å². The van der Waals surface area contributed by atoms with E-state index in [9.17, 15) is 9.59 Å². The first kappa shape index (κ1) is 15.4. The zero-order chi connectivity index (χ0) is 14.6. The summed E-state index contributed by atoms with van der Waals surface area (Å²) in [5.74, 6) is 0.176. The van der Waals surface area contributed by atoms with Crippen molar-refractivity contribution >= 4 is 11.7 Å². The third-order valence-corrected chi connectivity index (χ3v) is 5.02. The number of ketones is 1. The number of nitrogens with zero attached hydrogens (tertiary/aromatic N) is 2. The van der Waals surface area contributed by atoms with Crippen LogP contribution in [0.3, 0.4) is 0 Å². The molecule has 5 heteroatoms. The van der Waals surface area contributed by atoms with Crippen molar-refractivity contribution in [2.45, 2.75) is 39.0 Å². The fraction of sp³-hybridized carbons (Fsp3) is 0.867. The molecule has 1 amide bonds. The van der Waals surface area contributed by atoms with Crippen LogP contribution in [0.2, 0.25) is 0 Å². The molecular formula is C15H26N2O3. The van der Waals surface area contributed by atoms with Crippen molar-refractivity contribution in [2.75, 3.05) is 39.3 Å². The van der Waals surface area contributed by atoms with Crippen LogP contribution in [-0.4, -0.2) is 65.9 Å². The van der Waals surface area contributed by atoms with Gasteiger partial charge in [-0.05, 0) is 44.2 Å². The number of likely N-dealkylation sites (tertiary alicyclic amines) is 2. The summed E-state index contributed by atoms with van der Waals surface area (Å²) >= 11 is 0. The summed E-state index contributed by atoms with van der Waals surface area (Å²) in [6, 6.07) is 0. The maximum Gasteiger partial charge on any atom is 0.248 e. The Labute approximate surface area is 120 Å². The number of piperidine rings is 2. The first-order valence-corrected chi connectivity index (χ1v) is 7.71. The molecule has 2 heterocycles. The van der Waals surface area contributed by atoms with Crippen LogP contribution in [-0.2, 0) is 9.59 Å². The van der Waals surface area contributed by atoms with Gasteiger partial charge in [-0.1, -0.05) is 6.92 Å². The van der Waals surface area contributed by atoms with E-state index >= 15 is 0 Å². The molecule has 0 aromatic rings. The molecule has 1 N–H and O–H groups in total. The molecule has 114 valence electrons. The molecule has 2 rings (SSSR count). The average molecular weight is 282 g/mol. The van der Waals surface area contributed by atoms with Crippen molar-refractivity contribution in [3.05, 3.63) is 0 Å². The zero-order valence-corrected chi connectivity index (χ0v) is 12.4. The Morgan fingerprint density at radius 3 is 2.10 bits per heavy atom. The fourth-order valence-electron chi connectivity index (χ4n) is 3.38. The molecule has 0 aliphatic carbocycles. The van der Waals surface area contributed by atoms with E-state index < -0.39 is 0 Å². The highest BCUT2D eigenvalue weighted by Gasteiger charge is 2.38. The lowest BCUT2D eigenvalue weighted by atomic mass is 9.71. The smallest absolute Gasteiger partial charge is 0.248 e. The highest BCUT2D eigenvalue weighted by atomic mass is 16.3. The van der Waals surface area contributed by atoms with Crippen molar-refractivity contribution in [1.82, 2.24) is 9.80 Å². The molecule has 0 atom stereocenters. The standard InChI is InChI=1S/C15H26N2O3/c1-2-13(19)11-16-7-3-15(4-8-16)5-9-17(10-6-15)14(20)12-18/h18H,2-12H2,1H3. The fourth-order valence-corrected chi connectivity index (χ4v) is 3.38. The summed E-state index contributed by atoms with van der Waals surface area (Å²) in [4.78, 5) is 27.0. The summed E-state index contributed by atoms with van der Waals surface area (Å²) in [7, 11) is 0. The summed E-state index contributed by atoms with van der Waals surface area (Å²) in [6.45, 7) is 5.68. The van der Waals surface area contributed by atoms with Gasteiger partial charge in [-0.2, -0.15) is 0 Å². The largest absolute Gasteiger partial charge is 0.387 e. The molecule has 5 nitrogen and oxygen atoms in total. The Hall–Kier alpha value is -0.940. The van der Waals surface area contributed by atoms with E-state index in [1.54, 1.807) is 4.90 Å². The number of hydrogen-bond donors (Lipinski definition) is 1. The van der Waals surface area contributed by atoms with E-state index in [4.69, 9.17) is 5.11 Å². The molecule has 1 spiro atoms. The number of aliphatic hydroxyl groups is 1. The van der Waals surface area contributed by atoms with Gasteiger partial charge in [0.05, 0.1) is 6.54 Å². The van der Waals surface area contributed by atoms with E-state index in [1.165, 1.54) is 0 Å². The second kappa shape index (κ2) is 6.68. The third kappa shape index (κ3) is 3.58.